The summed E-state index contributed by atoms with van der Waals surface area (Å²) >= 11 is 5.85. The van der Waals surface area contributed by atoms with Crippen molar-refractivity contribution in [3.05, 3.63) is 77.2 Å². The summed E-state index contributed by atoms with van der Waals surface area (Å²) in [5.41, 5.74) is 0.875. The maximum absolute atomic E-state index is 13.2. The Morgan fingerprint density at radius 3 is 2.41 bits per heavy atom. The van der Waals surface area contributed by atoms with E-state index >= 15 is 0 Å². The lowest BCUT2D eigenvalue weighted by Crippen LogP contribution is -2.47. The molecule has 1 amide bonds. The maximum Gasteiger partial charge on any atom is 0.266 e. The van der Waals surface area contributed by atoms with Crippen LogP contribution in [0.25, 0.3) is 0 Å². The molecule has 4 rings (SSSR count). The molecule has 1 saturated heterocycles. The number of nitrogens with one attached hydrogen (secondary N) is 1. The number of ether oxygens (including phenoxy) is 1. The standard InChI is InChI=1S/C23H22ClFN4O4S/c1-33-21-5-3-2-4-20(21)28-10-12-29(13-11-28)22-9-7-17(15-26-22)34(31,32)27-23(30)18-8-6-16(25)14-19(18)24/h2-9,14-15H,10-13H2,1H3,(H,27,30). The predicted octanol–water partition coefficient (Wildman–Crippen LogP) is 3.33. The van der Waals surface area contributed by atoms with Gasteiger partial charge in [-0.2, -0.15) is 0 Å². The Hall–Kier alpha value is -3.37. The molecule has 0 spiro atoms. The predicted molar refractivity (Wildman–Crippen MR) is 128 cm³/mol. The van der Waals surface area contributed by atoms with E-state index in [4.69, 9.17) is 16.3 Å². The smallest absolute Gasteiger partial charge is 0.266 e. The molecular weight excluding hydrogens is 483 g/mol. The van der Waals surface area contributed by atoms with Gasteiger partial charge in [0.15, 0.2) is 0 Å². The largest absolute Gasteiger partial charge is 0.495 e. The first-order valence-corrected chi connectivity index (χ1v) is 12.3. The maximum atomic E-state index is 13.2. The number of nitrogens with zero attached hydrogens (tertiary/aromatic N) is 3. The normalized spacial score (nSPS) is 14.1. The molecule has 0 atom stereocenters. The van der Waals surface area contributed by atoms with Gasteiger partial charge in [0.2, 0.25) is 0 Å². The van der Waals surface area contributed by atoms with Crippen LogP contribution in [0.1, 0.15) is 10.4 Å². The van der Waals surface area contributed by atoms with Crippen LogP contribution < -0.4 is 19.3 Å². The molecule has 0 radical (unpaired) electrons. The van der Waals surface area contributed by atoms with E-state index in [2.05, 4.69) is 14.8 Å². The Bertz CT molecular complexity index is 1300. The van der Waals surface area contributed by atoms with Gasteiger partial charge in [-0.05, 0) is 42.5 Å². The number of carbonyl (C=O) groups excluding carboxylic acids is 1. The molecule has 178 valence electrons. The monoisotopic (exact) mass is 504 g/mol. The highest BCUT2D eigenvalue weighted by Crippen LogP contribution is 2.29. The number of amides is 1. The van der Waals surface area contributed by atoms with Gasteiger partial charge in [0, 0.05) is 32.4 Å². The lowest BCUT2D eigenvalue weighted by molar-refractivity contribution is 0.0981. The Balaban J connectivity index is 1.41. The summed E-state index contributed by atoms with van der Waals surface area (Å²) in [5.74, 6) is -0.145. The number of rotatable bonds is 6. The van der Waals surface area contributed by atoms with Crippen LogP contribution >= 0.6 is 11.6 Å². The van der Waals surface area contributed by atoms with Gasteiger partial charge in [0.25, 0.3) is 15.9 Å². The summed E-state index contributed by atoms with van der Waals surface area (Å²) in [4.78, 5) is 20.7. The Kier molecular flexibility index (Phi) is 6.90. The second-order valence-corrected chi connectivity index (χ2v) is 9.65. The molecule has 1 N–H and O–H groups in total. The zero-order valence-electron chi connectivity index (χ0n) is 18.2. The van der Waals surface area contributed by atoms with E-state index in [1.807, 2.05) is 29.0 Å². The number of aromatic nitrogens is 1. The van der Waals surface area contributed by atoms with E-state index < -0.39 is 21.7 Å². The summed E-state index contributed by atoms with van der Waals surface area (Å²) in [6, 6.07) is 13.9. The fourth-order valence-electron chi connectivity index (χ4n) is 3.70. The van der Waals surface area contributed by atoms with E-state index in [0.717, 1.165) is 42.7 Å². The average Bonchev–Trinajstić information content (AvgIpc) is 2.84. The SMILES string of the molecule is COc1ccccc1N1CCN(c2ccc(S(=O)(=O)NC(=O)c3ccc(F)cc3Cl)cn2)CC1. The van der Waals surface area contributed by atoms with Crippen LogP contribution in [-0.4, -0.2) is 52.6 Å². The number of para-hydroxylation sites is 2. The number of pyridine rings is 1. The van der Waals surface area contributed by atoms with Crippen LogP contribution in [0.2, 0.25) is 5.02 Å². The van der Waals surface area contributed by atoms with Crippen molar-refractivity contribution in [3.8, 4) is 5.75 Å². The minimum Gasteiger partial charge on any atom is -0.495 e. The topological polar surface area (TPSA) is 91.8 Å². The lowest BCUT2D eigenvalue weighted by Gasteiger charge is -2.37. The van der Waals surface area contributed by atoms with Gasteiger partial charge in [-0.3, -0.25) is 4.79 Å². The number of hydrogen-bond acceptors (Lipinski definition) is 7. The van der Waals surface area contributed by atoms with Crippen molar-refractivity contribution in [3.63, 3.8) is 0 Å². The third-order valence-electron chi connectivity index (χ3n) is 5.46. The van der Waals surface area contributed by atoms with E-state index in [1.54, 1.807) is 13.2 Å². The number of carbonyl (C=O) groups is 1. The minimum absolute atomic E-state index is 0.149. The van der Waals surface area contributed by atoms with Crippen molar-refractivity contribution in [2.45, 2.75) is 4.90 Å². The summed E-state index contributed by atoms with van der Waals surface area (Å²) in [6.45, 7) is 2.88. The summed E-state index contributed by atoms with van der Waals surface area (Å²) in [5, 5.41) is -0.187. The van der Waals surface area contributed by atoms with E-state index in [9.17, 15) is 17.6 Å². The highest BCUT2D eigenvalue weighted by atomic mass is 35.5. The quantitative estimate of drug-likeness (QED) is 0.550. The van der Waals surface area contributed by atoms with Gasteiger partial charge < -0.3 is 14.5 Å². The van der Waals surface area contributed by atoms with Crippen molar-refractivity contribution in [2.75, 3.05) is 43.1 Å². The molecule has 1 aromatic heterocycles. The summed E-state index contributed by atoms with van der Waals surface area (Å²) in [7, 11) is -2.55. The average molecular weight is 505 g/mol. The first-order chi connectivity index (χ1) is 16.3. The van der Waals surface area contributed by atoms with E-state index in [1.165, 1.54) is 12.3 Å². The number of sulfonamides is 1. The van der Waals surface area contributed by atoms with Crippen molar-refractivity contribution < 1.29 is 22.3 Å². The van der Waals surface area contributed by atoms with Crippen molar-refractivity contribution in [2.24, 2.45) is 0 Å². The third kappa shape index (κ3) is 5.07. The highest BCUT2D eigenvalue weighted by molar-refractivity contribution is 7.90. The number of methoxy groups -OCH3 is 1. The van der Waals surface area contributed by atoms with Crippen LogP contribution in [0.15, 0.2) is 65.7 Å². The number of halogens is 2. The first kappa shape index (κ1) is 23.8. The fraction of sp³-hybridized carbons (Fsp3) is 0.217. The minimum atomic E-state index is -4.19. The third-order valence-corrected chi connectivity index (χ3v) is 7.09. The Morgan fingerprint density at radius 2 is 1.76 bits per heavy atom. The number of piperazine rings is 1. The van der Waals surface area contributed by atoms with Crippen molar-refractivity contribution >= 4 is 39.0 Å². The molecule has 8 nitrogen and oxygen atoms in total. The molecule has 1 aliphatic rings. The Labute approximate surface area is 202 Å². The summed E-state index contributed by atoms with van der Waals surface area (Å²) in [6.07, 6.45) is 1.20. The van der Waals surface area contributed by atoms with Crippen LogP contribution in [0.4, 0.5) is 15.9 Å². The molecule has 2 heterocycles. The van der Waals surface area contributed by atoms with Crippen LogP contribution in [-0.2, 0) is 10.0 Å². The second kappa shape index (κ2) is 9.86. The van der Waals surface area contributed by atoms with Crippen LogP contribution in [0, 0.1) is 5.82 Å². The van der Waals surface area contributed by atoms with Crippen LogP contribution in [0.5, 0.6) is 5.75 Å². The fourth-order valence-corrected chi connectivity index (χ4v) is 4.86. The van der Waals surface area contributed by atoms with E-state index in [0.29, 0.717) is 18.9 Å². The molecule has 0 bridgehead atoms. The molecule has 2 aromatic carbocycles. The lowest BCUT2D eigenvalue weighted by atomic mass is 10.2. The molecule has 1 fully saturated rings. The number of benzene rings is 2. The highest BCUT2D eigenvalue weighted by Gasteiger charge is 2.23. The molecule has 0 saturated carbocycles. The number of anilines is 2. The van der Waals surface area contributed by atoms with Crippen molar-refractivity contribution in [1.29, 1.82) is 0 Å². The van der Waals surface area contributed by atoms with Gasteiger partial charge in [-0.1, -0.05) is 23.7 Å². The van der Waals surface area contributed by atoms with Gasteiger partial charge in [-0.15, -0.1) is 0 Å². The second-order valence-electron chi connectivity index (χ2n) is 7.56. The van der Waals surface area contributed by atoms with Gasteiger partial charge in [0.1, 0.15) is 22.3 Å². The molecular formula is C23H22ClFN4O4S. The molecule has 0 unspecified atom stereocenters. The van der Waals surface area contributed by atoms with Gasteiger partial charge in [-0.25, -0.2) is 22.5 Å². The van der Waals surface area contributed by atoms with Crippen molar-refractivity contribution in [1.82, 2.24) is 9.71 Å². The number of hydrogen-bond donors (Lipinski definition) is 1. The molecule has 34 heavy (non-hydrogen) atoms. The first-order valence-electron chi connectivity index (χ1n) is 10.4. The summed E-state index contributed by atoms with van der Waals surface area (Å²) < 4.78 is 45.8. The molecule has 3 aromatic rings. The van der Waals surface area contributed by atoms with Gasteiger partial charge >= 0.3 is 0 Å². The molecule has 0 aliphatic carbocycles. The molecule has 1 aliphatic heterocycles. The molecule has 11 heteroatoms. The zero-order chi connectivity index (χ0) is 24.3. The Morgan fingerprint density at radius 1 is 1.06 bits per heavy atom. The zero-order valence-corrected chi connectivity index (χ0v) is 19.8. The van der Waals surface area contributed by atoms with Gasteiger partial charge in [0.05, 0.1) is 23.4 Å². The van der Waals surface area contributed by atoms with Crippen LogP contribution in [0.3, 0.4) is 0 Å². The van der Waals surface area contributed by atoms with E-state index in [-0.39, 0.29) is 15.5 Å².